The molecule has 1 amide bonds. The van der Waals surface area contributed by atoms with E-state index < -0.39 is 0 Å². The third-order valence-corrected chi connectivity index (χ3v) is 4.92. The molecule has 1 heterocycles. The van der Waals surface area contributed by atoms with Gasteiger partial charge >= 0.3 is 0 Å². The molecular weight excluding hydrogens is 346 g/mol. The van der Waals surface area contributed by atoms with Gasteiger partial charge < -0.3 is 9.47 Å². The van der Waals surface area contributed by atoms with Gasteiger partial charge in [0.05, 0.1) is 17.4 Å². The highest BCUT2D eigenvalue weighted by atomic mass is 16.2. The predicted molar refractivity (Wildman–Crippen MR) is 112 cm³/mol. The minimum Gasteiger partial charge on any atom is -0.336 e. The topological polar surface area (TPSA) is 38.1 Å². The zero-order valence-electron chi connectivity index (χ0n) is 15.7. The van der Waals surface area contributed by atoms with Crippen LogP contribution in [0.15, 0.2) is 91.3 Å². The molecule has 4 nitrogen and oxygen atoms in total. The Bertz CT molecular complexity index is 1040. The lowest BCUT2D eigenvalue weighted by molar-refractivity contribution is -0.132. The van der Waals surface area contributed by atoms with Crippen molar-refractivity contribution in [3.8, 4) is 0 Å². The Labute approximate surface area is 165 Å². The first-order valence-corrected chi connectivity index (χ1v) is 9.55. The summed E-state index contributed by atoms with van der Waals surface area (Å²) in [6, 6.07) is 28.4. The lowest BCUT2D eigenvalue weighted by atomic mass is 10.1. The van der Waals surface area contributed by atoms with Crippen molar-refractivity contribution in [1.29, 1.82) is 0 Å². The predicted octanol–water partition coefficient (Wildman–Crippen LogP) is 4.31. The van der Waals surface area contributed by atoms with E-state index in [1.807, 2.05) is 70.1 Å². The second-order valence-corrected chi connectivity index (χ2v) is 6.90. The second-order valence-electron chi connectivity index (χ2n) is 6.90. The number of rotatable bonds is 7. The van der Waals surface area contributed by atoms with Crippen molar-refractivity contribution in [2.24, 2.45) is 0 Å². The first-order chi connectivity index (χ1) is 13.8. The minimum absolute atomic E-state index is 0.0999. The van der Waals surface area contributed by atoms with Crippen LogP contribution in [0.1, 0.15) is 11.1 Å². The average Bonchev–Trinajstić information content (AvgIpc) is 3.15. The molecule has 4 rings (SSSR count). The summed E-state index contributed by atoms with van der Waals surface area (Å²) in [6.45, 7) is 1.59. The highest BCUT2D eigenvalue weighted by Gasteiger charge is 2.16. The third kappa shape index (κ3) is 4.29. The normalized spacial score (nSPS) is 10.9. The Balaban J connectivity index is 1.52. The number of hydrogen-bond donors (Lipinski definition) is 0. The molecule has 0 saturated heterocycles. The number of carbonyl (C=O) groups excluding carboxylic acids is 1. The number of amides is 1. The van der Waals surface area contributed by atoms with Gasteiger partial charge in [-0.1, -0.05) is 72.8 Å². The second kappa shape index (κ2) is 8.53. The molecule has 0 atom stereocenters. The molecule has 0 radical (unpaired) electrons. The number of fused-ring (bicyclic) bond motifs is 1. The van der Waals surface area contributed by atoms with Crippen LogP contribution < -0.4 is 0 Å². The van der Waals surface area contributed by atoms with Gasteiger partial charge in [0.2, 0.25) is 5.91 Å². The average molecular weight is 369 g/mol. The molecule has 0 aliphatic carbocycles. The number of hydrogen-bond acceptors (Lipinski definition) is 2. The number of nitrogens with zero attached hydrogens (tertiary/aromatic N) is 3. The van der Waals surface area contributed by atoms with Crippen LogP contribution in [0.3, 0.4) is 0 Å². The first kappa shape index (κ1) is 18.0. The van der Waals surface area contributed by atoms with Crippen LogP contribution in [-0.2, 0) is 24.3 Å². The summed E-state index contributed by atoms with van der Waals surface area (Å²) in [7, 11) is 0. The van der Waals surface area contributed by atoms with Crippen molar-refractivity contribution in [2.75, 3.05) is 6.54 Å². The number of aromatic nitrogens is 2. The van der Waals surface area contributed by atoms with Crippen molar-refractivity contribution in [1.82, 2.24) is 14.5 Å². The van der Waals surface area contributed by atoms with Crippen LogP contribution >= 0.6 is 0 Å². The Kier molecular flexibility index (Phi) is 5.48. The van der Waals surface area contributed by atoms with Gasteiger partial charge in [-0.25, -0.2) is 4.98 Å². The molecule has 140 valence electrons. The fraction of sp³-hybridized carbons (Fsp3) is 0.167. The summed E-state index contributed by atoms with van der Waals surface area (Å²) in [5.74, 6) is 0.0999. The molecule has 0 aliphatic rings. The smallest absolute Gasteiger partial charge is 0.242 e. The zero-order valence-corrected chi connectivity index (χ0v) is 15.7. The van der Waals surface area contributed by atoms with E-state index in [0.717, 1.165) is 23.0 Å². The highest BCUT2D eigenvalue weighted by Crippen LogP contribution is 2.13. The van der Waals surface area contributed by atoms with E-state index in [-0.39, 0.29) is 5.91 Å². The largest absolute Gasteiger partial charge is 0.336 e. The van der Waals surface area contributed by atoms with Crippen LogP contribution in [0.5, 0.6) is 0 Å². The van der Waals surface area contributed by atoms with Gasteiger partial charge in [0.15, 0.2) is 0 Å². The molecule has 0 bridgehead atoms. The molecule has 0 spiro atoms. The zero-order chi connectivity index (χ0) is 19.2. The van der Waals surface area contributed by atoms with Crippen molar-refractivity contribution >= 4 is 16.9 Å². The van der Waals surface area contributed by atoms with Crippen molar-refractivity contribution in [2.45, 2.75) is 19.5 Å². The maximum Gasteiger partial charge on any atom is 0.242 e. The number of imidazole rings is 1. The SMILES string of the molecule is O=C(Cn1cnc2ccccc21)N(CCc1ccccc1)Cc1ccccc1. The molecular formula is C24H23N3O. The standard InChI is InChI=1S/C24H23N3O/c28-24(18-27-19-25-22-13-7-8-14-23(22)27)26(17-21-11-5-2-6-12-21)16-15-20-9-3-1-4-10-20/h1-14,19H,15-18H2. The summed E-state index contributed by atoms with van der Waals surface area (Å²) >= 11 is 0. The summed E-state index contributed by atoms with van der Waals surface area (Å²) in [4.78, 5) is 19.5. The van der Waals surface area contributed by atoms with Crippen LogP contribution in [0.4, 0.5) is 0 Å². The van der Waals surface area contributed by atoms with Gasteiger partial charge in [-0.05, 0) is 29.7 Å². The van der Waals surface area contributed by atoms with Gasteiger partial charge in [-0.2, -0.15) is 0 Å². The fourth-order valence-electron chi connectivity index (χ4n) is 3.39. The molecule has 0 fully saturated rings. The van der Waals surface area contributed by atoms with E-state index in [0.29, 0.717) is 19.6 Å². The van der Waals surface area contributed by atoms with E-state index in [1.54, 1.807) is 6.33 Å². The lowest BCUT2D eigenvalue weighted by Gasteiger charge is -2.23. The van der Waals surface area contributed by atoms with Crippen LogP contribution in [-0.4, -0.2) is 26.9 Å². The number of benzene rings is 3. The van der Waals surface area contributed by atoms with E-state index in [2.05, 4.69) is 29.2 Å². The van der Waals surface area contributed by atoms with Crippen molar-refractivity contribution < 1.29 is 4.79 Å². The first-order valence-electron chi connectivity index (χ1n) is 9.55. The molecule has 0 unspecified atom stereocenters. The molecule has 4 heteroatoms. The summed E-state index contributed by atoms with van der Waals surface area (Å²) in [6.07, 6.45) is 2.59. The van der Waals surface area contributed by atoms with Crippen LogP contribution in [0, 0.1) is 0 Å². The van der Waals surface area contributed by atoms with E-state index in [9.17, 15) is 4.79 Å². The maximum atomic E-state index is 13.2. The summed E-state index contributed by atoms with van der Waals surface area (Å²) < 4.78 is 1.93. The number of para-hydroxylation sites is 2. The van der Waals surface area contributed by atoms with E-state index in [1.165, 1.54) is 5.56 Å². The van der Waals surface area contributed by atoms with Crippen LogP contribution in [0.2, 0.25) is 0 Å². The Hall–Kier alpha value is -3.40. The third-order valence-electron chi connectivity index (χ3n) is 4.92. The van der Waals surface area contributed by atoms with Crippen LogP contribution in [0.25, 0.3) is 11.0 Å². The molecule has 0 saturated carbocycles. The van der Waals surface area contributed by atoms with Gasteiger partial charge in [-0.3, -0.25) is 4.79 Å². The van der Waals surface area contributed by atoms with E-state index >= 15 is 0 Å². The van der Waals surface area contributed by atoms with Gasteiger partial charge in [0, 0.05) is 13.1 Å². The minimum atomic E-state index is 0.0999. The van der Waals surface area contributed by atoms with Gasteiger partial charge in [0.1, 0.15) is 6.54 Å². The van der Waals surface area contributed by atoms with Crippen molar-refractivity contribution in [3.05, 3.63) is 102 Å². The van der Waals surface area contributed by atoms with Gasteiger partial charge in [0.25, 0.3) is 0 Å². The van der Waals surface area contributed by atoms with Gasteiger partial charge in [-0.15, -0.1) is 0 Å². The Morgan fingerprint density at radius 3 is 2.21 bits per heavy atom. The lowest BCUT2D eigenvalue weighted by Crippen LogP contribution is -2.35. The van der Waals surface area contributed by atoms with E-state index in [4.69, 9.17) is 0 Å². The maximum absolute atomic E-state index is 13.2. The molecule has 1 aromatic heterocycles. The fourth-order valence-corrected chi connectivity index (χ4v) is 3.39. The molecule has 0 N–H and O–H groups in total. The molecule has 3 aromatic carbocycles. The number of carbonyl (C=O) groups is 1. The summed E-state index contributed by atoms with van der Waals surface area (Å²) in [5.41, 5.74) is 4.27. The highest BCUT2D eigenvalue weighted by molar-refractivity contribution is 5.80. The molecule has 0 aliphatic heterocycles. The molecule has 4 aromatic rings. The monoisotopic (exact) mass is 369 g/mol. The molecule has 28 heavy (non-hydrogen) atoms. The quantitative estimate of drug-likeness (QED) is 0.487. The Morgan fingerprint density at radius 1 is 0.821 bits per heavy atom. The Morgan fingerprint density at radius 2 is 1.46 bits per heavy atom. The summed E-state index contributed by atoms with van der Waals surface area (Å²) in [5, 5.41) is 0. The van der Waals surface area contributed by atoms with Crippen molar-refractivity contribution in [3.63, 3.8) is 0 Å².